The molecule has 2 saturated carbocycles. The van der Waals surface area contributed by atoms with Crippen molar-refractivity contribution in [3.63, 3.8) is 0 Å². The summed E-state index contributed by atoms with van der Waals surface area (Å²) >= 11 is 0. The van der Waals surface area contributed by atoms with E-state index in [0.29, 0.717) is 19.3 Å². The topological polar surface area (TPSA) is 26.0 Å². The van der Waals surface area contributed by atoms with Crippen LogP contribution in [0.2, 0.25) is 0 Å². The molecular formula is C7H12ClF2N. The first-order valence-electron chi connectivity index (χ1n) is 3.69. The van der Waals surface area contributed by atoms with Gasteiger partial charge in [0.2, 0.25) is 0 Å². The number of alkyl halides is 2. The van der Waals surface area contributed by atoms with Crippen LogP contribution in [0.3, 0.4) is 0 Å². The maximum Gasteiger partial charge on any atom is 0.253 e. The lowest BCUT2D eigenvalue weighted by molar-refractivity contribution is -0.241. The molecule has 2 fully saturated rings. The summed E-state index contributed by atoms with van der Waals surface area (Å²) in [5, 5.41) is 0. The fraction of sp³-hybridized carbons (Fsp3) is 1.00. The van der Waals surface area contributed by atoms with E-state index in [0.717, 1.165) is 0 Å². The Hall–Kier alpha value is 0.110. The summed E-state index contributed by atoms with van der Waals surface area (Å²) in [4.78, 5) is 0. The molecule has 0 amide bonds. The maximum absolute atomic E-state index is 12.8. The number of hydrogen-bond acceptors (Lipinski definition) is 1. The minimum atomic E-state index is -2.39. The lowest BCUT2D eigenvalue weighted by Gasteiger charge is -2.57. The van der Waals surface area contributed by atoms with E-state index in [1.807, 2.05) is 0 Å². The zero-order valence-corrected chi connectivity index (χ0v) is 6.96. The predicted octanol–water partition coefficient (Wildman–Crippen LogP) is 1.94. The van der Waals surface area contributed by atoms with Crippen LogP contribution in [-0.4, -0.2) is 12.0 Å². The van der Waals surface area contributed by atoms with Crippen LogP contribution < -0.4 is 5.73 Å². The molecular weight excluding hydrogens is 172 g/mol. The van der Waals surface area contributed by atoms with Gasteiger partial charge in [-0.05, 0) is 19.3 Å². The molecule has 0 radical (unpaired) electrons. The summed E-state index contributed by atoms with van der Waals surface area (Å²) in [7, 11) is 0. The van der Waals surface area contributed by atoms with Gasteiger partial charge < -0.3 is 5.73 Å². The normalized spacial score (nSPS) is 45.5. The third kappa shape index (κ3) is 0.975. The van der Waals surface area contributed by atoms with Crippen LogP contribution in [0.15, 0.2) is 0 Å². The summed E-state index contributed by atoms with van der Waals surface area (Å²) in [5.41, 5.74) is 4.80. The largest absolute Gasteiger partial charge is 0.328 e. The quantitative estimate of drug-likeness (QED) is 0.611. The van der Waals surface area contributed by atoms with Crippen molar-refractivity contribution in [1.82, 2.24) is 0 Å². The second kappa shape index (κ2) is 2.30. The first-order chi connectivity index (χ1) is 4.56. The van der Waals surface area contributed by atoms with Gasteiger partial charge in [0.1, 0.15) is 0 Å². The molecule has 0 aromatic rings. The fourth-order valence-corrected chi connectivity index (χ4v) is 2.11. The Morgan fingerprint density at radius 2 is 1.73 bits per heavy atom. The van der Waals surface area contributed by atoms with Gasteiger partial charge in [0.25, 0.3) is 5.92 Å². The predicted molar refractivity (Wildman–Crippen MR) is 41.1 cm³/mol. The van der Waals surface area contributed by atoms with Gasteiger partial charge in [-0.2, -0.15) is 0 Å². The Morgan fingerprint density at radius 3 is 1.82 bits per heavy atom. The molecule has 0 atom stereocenters. The van der Waals surface area contributed by atoms with Crippen LogP contribution in [0.5, 0.6) is 0 Å². The monoisotopic (exact) mass is 183 g/mol. The summed E-state index contributed by atoms with van der Waals surface area (Å²) in [6.45, 7) is 0. The summed E-state index contributed by atoms with van der Waals surface area (Å²) in [6, 6.07) is 0.0474. The molecule has 0 bridgehead atoms. The van der Waals surface area contributed by atoms with E-state index < -0.39 is 11.3 Å². The van der Waals surface area contributed by atoms with Gasteiger partial charge in [-0.1, -0.05) is 0 Å². The van der Waals surface area contributed by atoms with Gasteiger partial charge in [-0.25, -0.2) is 8.78 Å². The first-order valence-corrected chi connectivity index (χ1v) is 3.69. The number of halogens is 3. The van der Waals surface area contributed by atoms with Crippen LogP contribution >= 0.6 is 12.4 Å². The van der Waals surface area contributed by atoms with Gasteiger partial charge in [-0.15, -0.1) is 12.4 Å². The SMILES string of the molecule is Cl.NC1CC2(CCC2(F)F)C1. The molecule has 1 spiro atoms. The van der Waals surface area contributed by atoms with Crippen LogP contribution in [-0.2, 0) is 0 Å². The molecule has 2 aliphatic carbocycles. The molecule has 11 heavy (non-hydrogen) atoms. The van der Waals surface area contributed by atoms with Gasteiger partial charge in [-0.3, -0.25) is 0 Å². The molecule has 2 aliphatic rings. The summed E-state index contributed by atoms with van der Waals surface area (Å²) in [6.07, 6.45) is 1.85. The Balaban J connectivity index is 0.000000605. The van der Waals surface area contributed by atoms with E-state index in [9.17, 15) is 8.78 Å². The number of rotatable bonds is 0. The molecule has 0 unspecified atom stereocenters. The minimum Gasteiger partial charge on any atom is -0.328 e. The third-order valence-corrected chi connectivity index (χ3v) is 3.00. The van der Waals surface area contributed by atoms with E-state index >= 15 is 0 Å². The highest BCUT2D eigenvalue weighted by molar-refractivity contribution is 5.85. The maximum atomic E-state index is 12.8. The molecule has 2 rings (SSSR count). The van der Waals surface area contributed by atoms with Gasteiger partial charge in [0, 0.05) is 17.9 Å². The van der Waals surface area contributed by atoms with Crippen LogP contribution in [0.25, 0.3) is 0 Å². The van der Waals surface area contributed by atoms with Crippen molar-refractivity contribution in [3.8, 4) is 0 Å². The first kappa shape index (κ1) is 9.20. The van der Waals surface area contributed by atoms with Crippen molar-refractivity contribution >= 4 is 12.4 Å². The average Bonchev–Trinajstić information content (AvgIpc) is 1.78. The second-order valence-corrected chi connectivity index (χ2v) is 3.65. The molecule has 0 heterocycles. The van der Waals surface area contributed by atoms with E-state index in [-0.39, 0.29) is 24.9 Å². The van der Waals surface area contributed by atoms with Crippen LogP contribution in [0, 0.1) is 5.41 Å². The molecule has 1 nitrogen and oxygen atoms in total. The number of hydrogen-bond donors (Lipinski definition) is 1. The van der Waals surface area contributed by atoms with Crippen molar-refractivity contribution in [1.29, 1.82) is 0 Å². The van der Waals surface area contributed by atoms with E-state index in [4.69, 9.17) is 5.73 Å². The summed E-state index contributed by atoms with van der Waals surface area (Å²) in [5.74, 6) is -2.39. The van der Waals surface area contributed by atoms with Gasteiger partial charge in [0.15, 0.2) is 0 Å². The van der Waals surface area contributed by atoms with Crippen molar-refractivity contribution in [2.24, 2.45) is 11.1 Å². The van der Waals surface area contributed by atoms with Crippen molar-refractivity contribution in [3.05, 3.63) is 0 Å². The van der Waals surface area contributed by atoms with Gasteiger partial charge in [0.05, 0.1) is 0 Å². The summed E-state index contributed by atoms with van der Waals surface area (Å²) < 4.78 is 25.5. The Kier molecular flexibility index (Phi) is 1.92. The smallest absolute Gasteiger partial charge is 0.253 e. The fourth-order valence-electron chi connectivity index (χ4n) is 2.11. The highest BCUT2D eigenvalue weighted by Gasteiger charge is 2.66. The van der Waals surface area contributed by atoms with E-state index in [1.165, 1.54) is 0 Å². The van der Waals surface area contributed by atoms with Crippen LogP contribution in [0.1, 0.15) is 25.7 Å². The van der Waals surface area contributed by atoms with Crippen molar-refractivity contribution in [2.75, 3.05) is 0 Å². The second-order valence-electron chi connectivity index (χ2n) is 3.65. The van der Waals surface area contributed by atoms with Crippen LogP contribution in [0.4, 0.5) is 8.78 Å². The Morgan fingerprint density at radius 1 is 1.18 bits per heavy atom. The zero-order valence-electron chi connectivity index (χ0n) is 6.15. The molecule has 4 heteroatoms. The van der Waals surface area contributed by atoms with E-state index in [2.05, 4.69) is 0 Å². The highest BCUT2D eigenvalue weighted by Crippen LogP contribution is 2.64. The Labute approximate surface area is 70.7 Å². The third-order valence-electron chi connectivity index (χ3n) is 3.00. The molecule has 0 aromatic carbocycles. The minimum absolute atomic E-state index is 0. The molecule has 0 aromatic heterocycles. The average molecular weight is 184 g/mol. The zero-order chi connectivity index (χ0) is 7.41. The highest BCUT2D eigenvalue weighted by atomic mass is 35.5. The standard InChI is InChI=1S/C7H11F2N.ClH/c8-7(9)2-1-6(7)3-5(10)4-6;/h5H,1-4,10H2;1H. The lowest BCUT2D eigenvalue weighted by atomic mass is 9.52. The van der Waals surface area contributed by atoms with Crippen molar-refractivity contribution in [2.45, 2.75) is 37.6 Å². The molecule has 66 valence electrons. The molecule has 0 saturated heterocycles. The number of nitrogens with two attached hydrogens (primary N) is 1. The lowest BCUT2D eigenvalue weighted by Crippen LogP contribution is -2.62. The van der Waals surface area contributed by atoms with E-state index in [1.54, 1.807) is 0 Å². The van der Waals surface area contributed by atoms with Crippen molar-refractivity contribution < 1.29 is 8.78 Å². The Bertz CT molecular complexity index is 166. The molecule has 0 aliphatic heterocycles. The van der Waals surface area contributed by atoms with Gasteiger partial charge >= 0.3 is 0 Å². The molecule has 2 N–H and O–H groups in total.